The average Bonchev–Trinajstić information content (AvgIpc) is 2.44. The van der Waals surface area contributed by atoms with E-state index in [1.165, 1.54) is 38.2 Å². The zero-order chi connectivity index (χ0) is 13.7. The molecule has 0 aliphatic heterocycles. The summed E-state index contributed by atoms with van der Waals surface area (Å²) in [5, 5.41) is 0. The number of hydrogen-bond acceptors (Lipinski definition) is 2. The Morgan fingerprint density at radius 1 is 1.32 bits per heavy atom. The van der Waals surface area contributed by atoms with Crippen molar-refractivity contribution >= 4 is 15.9 Å². The summed E-state index contributed by atoms with van der Waals surface area (Å²) in [4.78, 5) is 0. The predicted octanol–water partition coefficient (Wildman–Crippen LogP) is 4.45. The maximum absolute atomic E-state index is 13.9. The van der Waals surface area contributed by atoms with E-state index >= 15 is 0 Å². The molecule has 1 unspecified atom stereocenters. The van der Waals surface area contributed by atoms with Gasteiger partial charge in [-0.3, -0.25) is 11.3 Å². The fourth-order valence-corrected chi connectivity index (χ4v) is 3.37. The lowest BCUT2D eigenvalue weighted by atomic mass is 9.84. The first-order valence-corrected chi connectivity index (χ1v) is 7.91. The van der Waals surface area contributed by atoms with Gasteiger partial charge in [0, 0.05) is 16.1 Å². The summed E-state index contributed by atoms with van der Waals surface area (Å²) < 4.78 is 14.7. The summed E-state index contributed by atoms with van der Waals surface area (Å²) in [6.45, 7) is 0. The molecule has 0 bridgehead atoms. The van der Waals surface area contributed by atoms with Crippen molar-refractivity contribution in [3.05, 3.63) is 34.1 Å². The van der Waals surface area contributed by atoms with Crippen LogP contribution in [0.4, 0.5) is 4.39 Å². The monoisotopic (exact) mass is 328 g/mol. The zero-order valence-electron chi connectivity index (χ0n) is 11.2. The van der Waals surface area contributed by atoms with Gasteiger partial charge in [0.1, 0.15) is 5.82 Å². The molecule has 1 atom stereocenters. The number of rotatable bonds is 5. The molecule has 0 spiro atoms. The molecule has 1 aliphatic rings. The molecular formula is C15H22BrFN2. The highest BCUT2D eigenvalue weighted by Crippen LogP contribution is 2.31. The van der Waals surface area contributed by atoms with Crippen molar-refractivity contribution in [3.63, 3.8) is 0 Å². The molecular weight excluding hydrogens is 307 g/mol. The van der Waals surface area contributed by atoms with Crippen LogP contribution in [0.3, 0.4) is 0 Å². The Hall–Kier alpha value is -0.450. The lowest BCUT2D eigenvalue weighted by Crippen LogP contribution is -2.29. The minimum atomic E-state index is -0.185. The van der Waals surface area contributed by atoms with Crippen molar-refractivity contribution in [2.75, 3.05) is 0 Å². The Balaban J connectivity index is 1.97. The lowest BCUT2D eigenvalue weighted by Gasteiger charge is -2.24. The topological polar surface area (TPSA) is 38.0 Å². The molecule has 0 radical (unpaired) electrons. The number of hydrogen-bond donors (Lipinski definition) is 2. The largest absolute Gasteiger partial charge is 0.271 e. The first-order valence-electron chi connectivity index (χ1n) is 7.12. The van der Waals surface area contributed by atoms with Crippen LogP contribution in [-0.2, 0) is 0 Å². The molecule has 0 heterocycles. The highest BCUT2D eigenvalue weighted by atomic mass is 79.9. The SMILES string of the molecule is NNC(CCC1CCCCC1)c1cc(Br)ccc1F. The van der Waals surface area contributed by atoms with E-state index in [1.54, 1.807) is 6.07 Å². The van der Waals surface area contributed by atoms with Crippen molar-refractivity contribution in [2.24, 2.45) is 11.8 Å². The second-order valence-electron chi connectivity index (χ2n) is 5.47. The minimum Gasteiger partial charge on any atom is -0.271 e. The van der Waals surface area contributed by atoms with Crippen LogP contribution in [0.15, 0.2) is 22.7 Å². The van der Waals surface area contributed by atoms with Crippen LogP contribution in [0.1, 0.15) is 56.6 Å². The summed E-state index contributed by atoms with van der Waals surface area (Å²) in [6.07, 6.45) is 8.72. The quantitative estimate of drug-likeness (QED) is 0.618. The molecule has 2 nitrogen and oxygen atoms in total. The third kappa shape index (κ3) is 4.26. The molecule has 106 valence electrons. The lowest BCUT2D eigenvalue weighted by molar-refractivity contribution is 0.313. The van der Waals surface area contributed by atoms with E-state index in [1.807, 2.05) is 6.07 Å². The van der Waals surface area contributed by atoms with Gasteiger partial charge >= 0.3 is 0 Å². The Bertz CT molecular complexity index is 405. The average molecular weight is 329 g/mol. The van der Waals surface area contributed by atoms with Crippen LogP contribution in [-0.4, -0.2) is 0 Å². The van der Waals surface area contributed by atoms with Gasteiger partial charge in [-0.25, -0.2) is 4.39 Å². The van der Waals surface area contributed by atoms with E-state index < -0.39 is 0 Å². The van der Waals surface area contributed by atoms with Gasteiger partial charge in [0.25, 0.3) is 0 Å². The Labute approximate surface area is 123 Å². The van der Waals surface area contributed by atoms with Crippen molar-refractivity contribution in [1.29, 1.82) is 0 Å². The normalized spacial score (nSPS) is 18.5. The highest BCUT2D eigenvalue weighted by Gasteiger charge is 2.19. The van der Waals surface area contributed by atoms with E-state index in [2.05, 4.69) is 21.4 Å². The van der Waals surface area contributed by atoms with Crippen molar-refractivity contribution in [3.8, 4) is 0 Å². The molecule has 2 rings (SSSR count). The molecule has 19 heavy (non-hydrogen) atoms. The third-order valence-corrected chi connectivity index (χ3v) is 4.62. The van der Waals surface area contributed by atoms with Crippen LogP contribution in [0.25, 0.3) is 0 Å². The van der Waals surface area contributed by atoms with Crippen molar-refractivity contribution in [2.45, 2.75) is 51.0 Å². The number of benzene rings is 1. The van der Waals surface area contributed by atoms with E-state index in [0.29, 0.717) is 5.56 Å². The summed E-state index contributed by atoms with van der Waals surface area (Å²) in [5.41, 5.74) is 3.43. The molecule has 1 aliphatic carbocycles. The molecule has 3 N–H and O–H groups in total. The molecule has 1 aromatic rings. The van der Waals surface area contributed by atoms with Gasteiger partial charge in [0.05, 0.1) is 0 Å². The molecule has 1 saturated carbocycles. The Morgan fingerprint density at radius 3 is 2.74 bits per heavy atom. The summed E-state index contributed by atoms with van der Waals surface area (Å²) in [5.74, 6) is 6.21. The van der Waals surface area contributed by atoms with Crippen LogP contribution in [0, 0.1) is 11.7 Å². The molecule has 4 heteroatoms. The van der Waals surface area contributed by atoms with Gasteiger partial charge in [-0.15, -0.1) is 0 Å². The van der Waals surface area contributed by atoms with Crippen LogP contribution in [0.5, 0.6) is 0 Å². The summed E-state index contributed by atoms with van der Waals surface area (Å²) in [6, 6.07) is 4.93. The highest BCUT2D eigenvalue weighted by molar-refractivity contribution is 9.10. The fourth-order valence-electron chi connectivity index (χ4n) is 2.99. The molecule has 1 fully saturated rings. The molecule has 0 aromatic heterocycles. The van der Waals surface area contributed by atoms with Crippen molar-refractivity contribution in [1.82, 2.24) is 5.43 Å². The number of hydrazine groups is 1. The smallest absolute Gasteiger partial charge is 0.128 e. The van der Waals surface area contributed by atoms with Crippen LogP contribution >= 0.6 is 15.9 Å². The first-order chi connectivity index (χ1) is 9.20. The maximum Gasteiger partial charge on any atom is 0.128 e. The second kappa shape index (κ2) is 7.36. The second-order valence-corrected chi connectivity index (χ2v) is 6.38. The van der Waals surface area contributed by atoms with Crippen LogP contribution in [0.2, 0.25) is 0 Å². The molecule has 0 amide bonds. The Kier molecular flexibility index (Phi) is 5.79. The molecule has 0 saturated heterocycles. The first kappa shape index (κ1) is 14.9. The van der Waals surface area contributed by atoms with Gasteiger partial charge < -0.3 is 0 Å². The van der Waals surface area contributed by atoms with E-state index in [0.717, 1.165) is 23.2 Å². The Morgan fingerprint density at radius 2 is 2.05 bits per heavy atom. The van der Waals surface area contributed by atoms with E-state index in [4.69, 9.17) is 5.84 Å². The van der Waals surface area contributed by atoms with E-state index in [9.17, 15) is 4.39 Å². The third-order valence-electron chi connectivity index (χ3n) is 4.12. The number of nitrogens with one attached hydrogen (secondary N) is 1. The van der Waals surface area contributed by atoms with Gasteiger partial charge in [0.2, 0.25) is 0 Å². The van der Waals surface area contributed by atoms with Gasteiger partial charge in [-0.1, -0.05) is 48.0 Å². The molecule has 1 aromatic carbocycles. The zero-order valence-corrected chi connectivity index (χ0v) is 12.8. The maximum atomic E-state index is 13.9. The summed E-state index contributed by atoms with van der Waals surface area (Å²) >= 11 is 3.39. The standard InChI is InChI=1S/C15H22BrFN2/c16-12-7-8-14(17)13(10-12)15(19-18)9-6-11-4-2-1-3-5-11/h7-8,10-11,15,19H,1-6,9,18H2. The number of halogens is 2. The number of nitrogens with two attached hydrogens (primary N) is 1. The predicted molar refractivity (Wildman–Crippen MR) is 80.0 cm³/mol. The van der Waals surface area contributed by atoms with Gasteiger partial charge in [-0.05, 0) is 37.0 Å². The van der Waals surface area contributed by atoms with Gasteiger partial charge in [0.15, 0.2) is 0 Å². The van der Waals surface area contributed by atoms with Crippen LogP contribution < -0.4 is 11.3 Å². The summed E-state index contributed by atoms with van der Waals surface area (Å²) in [7, 11) is 0. The van der Waals surface area contributed by atoms with E-state index in [-0.39, 0.29) is 11.9 Å². The fraction of sp³-hybridized carbons (Fsp3) is 0.600. The minimum absolute atomic E-state index is 0.0978. The van der Waals surface area contributed by atoms with Crippen molar-refractivity contribution < 1.29 is 4.39 Å². The van der Waals surface area contributed by atoms with Gasteiger partial charge in [-0.2, -0.15) is 0 Å².